The number of hydrogen-bond donors (Lipinski definition) is 1. The Morgan fingerprint density at radius 2 is 1.61 bits per heavy atom. The summed E-state index contributed by atoms with van der Waals surface area (Å²) in [7, 11) is 5.45. The molecule has 1 N–H and O–H groups in total. The average molecular weight is 651 g/mol. The normalized spacial score (nSPS) is 18.8. The molecule has 5 aromatic rings. The number of imide groups is 1. The molecule has 0 saturated carbocycles. The van der Waals surface area contributed by atoms with E-state index in [4.69, 9.17) is 4.74 Å². The maximum Gasteiger partial charge on any atom is 0.308 e. The Morgan fingerprint density at radius 3 is 2.30 bits per heavy atom. The number of nitrogens with zero attached hydrogens (tertiary/aromatic N) is 3. The van der Waals surface area contributed by atoms with Crippen LogP contribution in [-0.4, -0.2) is 48.7 Å². The quantitative estimate of drug-likeness (QED) is 0.230. The molecule has 1 saturated heterocycles. The molecule has 0 radical (unpaired) electrons. The highest BCUT2D eigenvalue weighted by molar-refractivity contribution is 8.00. The number of anilines is 3. The van der Waals surface area contributed by atoms with E-state index in [-0.39, 0.29) is 29.1 Å². The fourth-order valence-electron chi connectivity index (χ4n) is 6.19. The van der Waals surface area contributed by atoms with Crippen molar-refractivity contribution in [3.8, 4) is 5.75 Å². The van der Waals surface area contributed by atoms with Crippen LogP contribution < -0.4 is 24.7 Å². The lowest BCUT2D eigenvalue weighted by atomic mass is 9.83. The van der Waals surface area contributed by atoms with Crippen LogP contribution >= 0.6 is 23.1 Å². The summed E-state index contributed by atoms with van der Waals surface area (Å²) in [6.07, 6.45) is 0. The third-order valence-electron chi connectivity index (χ3n) is 8.48. The predicted molar refractivity (Wildman–Crippen MR) is 182 cm³/mol. The summed E-state index contributed by atoms with van der Waals surface area (Å²) in [5, 5.41) is 4.73. The number of carbonyl (C=O) groups is 3. The Hall–Kier alpha value is -4.87. The number of ether oxygens (including phenoxy) is 1. The molecule has 0 spiro atoms. The van der Waals surface area contributed by atoms with Gasteiger partial charge in [0.2, 0.25) is 17.7 Å². The van der Waals surface area contributed by atoms with Gasteiger partial charge in [0, 0.05) is 36.3 Å². The van der Waals surface area contributed by atoms with Gasteiger partial charge in [0.1, 0.15) is 17.5 Å². The minimum Gasteiger partial charge on any atom is -0.497 e. The lowest BCUT2D eigenvalue weighted by Gasteiger charge is -2.31. The molecule has 3 unspecified atom stereocenters. The van der Waals surface area contributed by atoms with Crippen molar-refractivity contribution >= 4 is 68.7 Å². The molecule has 0 bridgehead atoms. The smallest absolute Gasteiger partial charge is 0.308 e. The van der Waals surface area contributed by atoms with Crippen LogP contribution in [0.2, 0.25) is 0 Å². The number of thioether (sulfide) groups is 1. The lowest BCUT2D eigenvalue weighted by Crippen LogP contribution is -2.33. The molecular weight excluding hydrogens is 621 g/mol. The second-order valence-electron chi connectivity index (χ2n) is 11.5. The zero-order chi connectivity index (χ0) is 32.1. The number of nitrogens with one attached hydrogen (secondary N) is 1. The number of amides is 3. The molecule has 3 amide bonds. The lowest BCUT2D eigenvalue weighted by molar-refractivity contribution is -0.122. The Kier molecular flexibility index (Phi) is 7.66. The van der Waals surface area contributed by atoms with Crippen LogP contribution in [0.5, 0.6) is 5.75 Å². The van der Waals surface area contributed by atoms with Crippen LogP contribution in [0.25, 0.3) is 10.8 Å². The zero-order valence-corrected chi connectivity index (χ0v) is 26.9. The molecular formula is C35H30N4O5S2. The van der Waals surface area contributed by atoms with Gasteiger partial charge >= 0.3 is 4.87 Å². The van der Waals surface area contributed by atoms with Gasteiger partial charge in [-0.25, -0.2) is 4.90 Å². The van der Waals surface area contributed by atoms with Gasteiger partial charge in [-0.3, -0.25) is 23.7 Å². The topological polar surface area (TPSA) is 101 Å². The number of aromatic nitrogens is 1. The Labute approximate surface area is 273 Å². The van der Waals surface area contributed by atoms with E-state index in [1.165, 1.54) is 21.2 Å². The van der Waals surface area contributed by atoms with Crippen LogP contribution in [0, 0.1) is 5.92 Å². The molecule has 7 rings (SSSR count). The third kappa shape index (κ3) is 5.15. The van der Waals surface area contributed by atoms with Gasteiger partial charge in [-0.05, 0) is 64.9 Å². The molecule has 1 aromatic heterocycles. The summed E-state index contributed by atoms with van der Waals surface area (Å²) in [5.41, 5.74) is 2.89. The first-order chi connectivity index (χ1) is 22.2. The summed E-state index contributed by atoms with van der Waals surface area (Å²) in [4.78, 5) is 58.6. The highest BCUT2D eigenvalue weighted by Gasteiger charge is 2.56. The Bertz CT molecular complexity index is 2050. The second-order valence-corrected chi connectivity index (χ2v) is 13.6. The van der Waals surface area contributed by atoms with Gasteiger partial charge in [-0.2, -0.15) is 0 Å². The number of fused-ring (bicyclic) bond motifs is 3. The van der Waals surface area contributed by atoms with Crippen molar-refractivity contribution in [1.29, 1.82) is 0 Å². The number of thiazole rings is 1. The van der Waals surface area contributed by atoms with Crippen LogP contribution in [0.3, 0.4) is 0 Å². The predicted octanol–water partition coefficient (Wildman–Crippen LogP) is 5.57. The van der Waals surface area contributed by atoms with Gasteiger partial charge in [0.05, 0.1) is 23.7 Å². The van der Waals surface area contributed by atoms with Crippen LogP contribution in [0.15, 0.2) is 101 Å². The number of carbonyl (C=O) groups excluding carboxylic acids is 3. The Balaban J connectivity index is 1.26. The monoisotopic (exact) mass is 650 g/mol. The van der Waals surface area contributed by atoms with E-state index in [9.17, 15) is 19.2 Å². The number of rotatable bonds is 7. The second kappa shape index (κ2) is 11.8. The van der Waals surface area contributed by atoms with Crippen LogP contribution in [0.4, 0.5) is 17.1 Å². The fourth-order valence-corrected chi connectivity index (χ4v) is 8.96. The number of benzene rings is 4. The van der Waals surface area contributed by atoms with Gasteiger partial charge in [-0.15, -0.1) is 0 Å². The SMILES string of the molecule is COc1ccc(N2C(=O)C3Sc4c(sc(=O)n4CC(=O)Nc4ccc5ccccc5c4)C(c4ccc(N(C)C)cc4)C3C2=O)cc1. The van der Waals surface area contributed by atoms with E-state index in [1.807, 2.05) is 85.7 Å². The highest BCUT2D eigenvalue weighted by Crippen LogP contribution is 2.54. The van der Waals surface area contributed by atoms with Crippen molar-refractivity contribution in [3.63, 3.8) is 0 Å². The first kappa shape index (κ1) is 29.8. The molecule has 0 aliphatic carbocycles. The summed E-state index contributed by atoms with van der Waals surface area (Å²) in [5.74, 6) is -1.68. The van der Waals surface area contributed by atoms with E-state index in [0.29, 0.717) is 27.0 Å². The summed E-state index contributed by atoms with van der Waals surface area (Å²) in [6, 6.07) is 28.2. The number of hydrogen-bond acceptors (Lipinski definition) is 8. The molecule has 3 atom stereocenters. The molecule has 46 heavy (non-hydrogen) atoms. The maximum atomic E-state index is 14.1. The largest absolute Gasteiger partial charge is 0.497 e. The zero-order valence-electron chi connectivity index (χ0n) is 25.3. The van der Waals surface area contributed by atoms with Crippen molar-refractivity contribution < 1.29 is 19.1 Å². The molecule has 1 fully saturated rings. The van der Waals surface area contributed by atoms with E-state index in [2.05, 4.69) is 5.32 Å². The van der Waals surface area contributed by atoms with E-state index in [0.717, 1.165) is 33.4 Å². The van der Waals surface area contributed by atoms with Gasteiger partial charge < -0.3 is 15.0 Å². The van der Waals surface area contributed by atoms with Crippen molar-refractivity contribution in [3.05, 3.63) is 111 Å². The van der Waals surface area contributed by atoms with Crippen molar-refractivity contribution in [2.75, 3.05) is 36.3 Å². The van der Waals surface area contributed by atoms with Gasteiger partial charge in [0.25, 0.3) is 0 Å². The molecule has 3 heterocycles. The summed E-state index contributed by atoms with van der Waals surface area (Å²) >= 11 is 2.23. The van der Waals surface area contributed by atoms with E-state index < -0.39 is 17.1 Å². The molecule has 11 heteroatoms. The maximum absolute atomic E-state index is 14.1. The summed E-state index contributed by atoms with van der Waals surface area (Å²) in [6.45, 7) is -0.224. The molecule has 2 aliphatic rings. The first-order valence-corrected chi connectivity index (χ1v) is 16.4. The van der Waals surface area contributed by atoms with Gasteiger partial charge in [-0.1, -0.05) is 65.6 Å². The highest BCUT2D eigenvalue weighted by atomic mass is 32.2. The van der Waals surface area contributed by atoms with Crippen molar-refractivity contribution in [2.45, 2.75) is 22.7 Å². The van der Waals surface area contributed by atoms with Crippen molar-refractivity contribution in [1.82, 2.24) is 4.57 Å². The van der Waals surface area contributed by atoms with E-state index >= 15 is 0 Å². The third-order valence-corrected chi connectivity index (χ3v) is 11.1. The van der Waals surface area contributed by atoms with E-state index in [1.54, 1.807) is 31.4 Å². The Morgan fingerprint density at radius 1 is 0.891 bits per heavy atom. The fraction of sp³-hybridized carbons (Fsp3) is 0.200. The first-order valence-electron chi connectivity index (χ1n) is 14.7. The summed E-state index contributed by atoms with van der Waals surface area (Å²) < 4.78 is 6.70. The van der Waals surface area contributed by atoms with Gasteiger partial charge in [0.15, 0.2) is 0 Å². The average Bonchev–Trinajstić information content (AvgIpc) is 3.50. The van der Waals surface area contributed by atoms with Crippen molar-refractivity contribution in [2.24, 2.45) is 5.92 Å². The van der Waals surface area contributed by atoms with Crippen LogP contribution in [-0.2, 0) is 20.9 Å². The minimum atomic E-state index is -0.774. The minimum absolute atomic E-state index is 0.224. The molecule has 4 aromatic carbocycles. The molecule has 9 nitrogen and oxygen atoms in total. The molecule has 232 valence electrons. The van der Waals surface area contributed by atoms with Crippen LogP contribution in [0.1, 0.15) is 16.4 Å². The number of methoxy groups -OCH3 is 1. The standard InChI is InChI=1S/C35H30N4O5S2/c1-37(2)24-12-9-21(10-13-24)28-29-30(33(42)39(32(29)41)25-14-16-26(44-3)17-15-25)45-34-31(28)46-35(43)38(34)19-27(40)36-23-11-8-20-6-4-5-7-22(20)18-23/h4-18,28-30H,19H2,1-3H3,(H,36,40). The molecule has 2 aliphatic heterocycles.